The van der Waals surface area contributed by atoms with Crippen LogP contribution in [0.15, 0.2) is 28.7 Å². The second-order valence-electron chi connectivity index (χ2n) is 4.51. The van der Waals surface area contributed by atoms with Crippen LogP contribution in [0, 0.1) is 13.8 Å². The fraction of sp³-hybridized carbons (Fsp3) is 0.267. The van der Waals surface area contributed by atoms with Crippen LogP contribution in [0.25, 0.3) is 0 Å². The van der Waals surface area contributed by atoms with Gasteiger partial charge in [-0.2, -0.15) is 0 Å². The summed E-state index contributed by atoms with van der Waals surface area (Å²) in [5.41, 5.74) is 2.44. The van der Waals surface area contributed by atoms with Gasteiger partial charge in [0.2, 0.25) is 5.76 Å². The molecule has 0 aliphatic heterocycles. The summed E-state index contributed by atoms with van der Waals surface area (Å²) in [5.74, 6) is 0.572. The van der Waals surface area contributed by atoms with Crippen LogP contribution >= 0.6 is 0 Å². The summed E-state index contributed by atoms with van der Waals surface area (Å²) in [4.78, 5) is 11.3. The molecule has 106 valence electrons. The Hall–Kier alpha value is -2.43. The Morgan fingerprint density at radius 1 is 1.30 bits per heavy atom. The van der Waals surface area contributed by atoms with Gasteiger partial charge in [-0.25, -0.2) is 4.79 Å². The lowest BCUT2D eigenvalue weighted by molar-refractivity contribution is 0.0563. The van der Waals surface area contributed by atoms with Gasteiger partial charge >= 0.3 is 5.97 Å². The quantitative estimate of drug-likeness (QED) is 0.839. The van der Waals surface area contributed by atoms with E-state index in [4.69, 9.17) is 4.42 Å². The topological polar surface area (TPSA) is 71.7 Å². The van der Waals surface area contributed by atoms with E-state index in [1.165, 1.54) is 7.11 Å². The number of methoxy groups -OCH3 is 1. The maximum Gasteiger partial charge on any atom is 0.373 e. The summed E-state index contributed by atoms with van der Waals surface area (Å²) in [6.07, 6.45) is 0. The standard InChI is InChI=1S/C15H17NO4/c1-9-4-6-12(10(2)14(9)17)16-8-11-5-7-13(20-11)15(18)19-3/h4-7,16-17H,8H2,1-3H3. The van der Waals surface area contributed by atoms with Gasteiger partial charge in [0.15, 0.2) is 0 Å². The number of esters is 1. The van der Waals surface area contributed by atoms with Crippen LogP contribution in [-0.2, 0) is 11.3 Å². The normalized spacial score (nSPS) is 10.3. The molecular formula is C15H17NO4. The Balaban J connectivity index is 2.07. The van der Waals surface area contributed by atoms with E-state index in [1.54, 1.807) is 12.1 Å². The summed E-state index contributed by atoms with van der Waals surface area (Å²) in [5, 5.41) is 13.0. The van der Waals surface area contributed by atoms with Gasteiger partial charge in [0, 0.05) is 11.3 Å². The number of furan rings is 1. The Morgan fingerprint density at radius 2 is 2.05 bits per heavy atom. The molecule has 0 saturated carbocycles. The Morgan fingerprint density at radius 3 is 2.75 bits per heavy atom. The zero-order chi connectivity index (χ0) is 14.7. The number of aromatic hydroxyl groups is 1. The molecule has 0 fully saturated rings. The van der Waals surface area contributed by atoms with E-state index in [9.17, 15) is 9.90 Å². The van der Waals surface area contributed by atoms with Gasteiger partial charge in [-0.3, -0.25) is 0 Å². The lowest BCUT2D eigenvalue weighted by atomic mass is 10.1. The summed E-state index contributed by atoms with van der Waals surface area (Å²) in [7, 11) is 1.31. The van der Waals surface area contributed by atoms with Gasteiger partial charge in [0.1, 0.15) is 11.5 Å². The number of benzene rings is 1. The molecule has 0 aliphatic carbocycles. The average molecular weight is 275 g/mol. The van der Waals surface area contributed by atoms with Crippen LogP contribution < -0.4 is 5.32 Å². The molecule has 0 spiro atoms. The molecule has 0 saturated heterocycles. The number of rotatable bonds is 4. The molecule has 2 N–H and O–H groups in total. The second-order valence-corrected chi connectivity index (χ2v) is 4.51. The van der Waals surface area contributed by atoms with Crippen molar-refractivity contribution in [2.45, 2.75) is 20.4 Å². The number of phenolic OH excluding ortho intramolecular Hbond substituents is 1. The van der Waals surface area contributed by atoms with Crippen LogP contribution in [0.2, 0.25) is 0 Å². The van der Waals surface area contributed by atoms with Gasteiger partial charge in [-0.05, 0) is 37.6 Å². The molecule has 1 aromatic carbocycles. The van der Waals surface area contributed by atoms with Crippen molar-refractivity contribution in [1.29, 1.82) is 0 Å². The number of anilines is 1. The third-order valence-corrected chi connectivity index (χ3v) is 3.13. The largest absolute Gasteiger partial charge is 0.507 e. The lowest BCUT2D eigenvalue weighted by Crippen LogP contribution is -2.01. The van der Waals surface area contributed by atoms with Crippen LogP contribution in [0.5, 0.6) is 5.75 Å². The molecule has 20 heavy (non-hydrogen) atoms. The third kappa shape index (κ3) is 2.77. The van der Waals surface area contributed by atoms with E-state index in [0.29, 0.717) is 12.3 Å². The van der Waals surface area contributed by atoms with Crippen molar-refractivity contribution < 1.29 is 19.1 Å². The van der Waals surface area contributed by atoms with Crippen molar-refractivity contribution in [2.24, 2.45) is 0 Å². The SMILES string of the molecule is COC(=O)c1ccc(CNc2ccc(C)c(O)c2C)o1. The molecule has 0 radical (unpaired) electrons. The maximum atomic E-state index is 11.3. The molecule has 0 atom stereocenters. The van der Waals surface area contributed by atoms with Crippen LogP contribution in [0.4, 0.5) is 5.69 Å². The van der Waals surface area contributed by atoms with E-state index in [1.807, 2.05) is 26.0 Å². The Labute approximate surface area is 117 Å². The van der Waals surface area contributed by atoms with E-state index < -0.39 is 5.97 Å². The first kappa shape index (κ1) is 14.0. The summed E-state index contributed by atoms with van der Waals surface area (Å²) in [6, 6.07) is 7.02. The van der Waals surface area contributed by atoms with E-state index in [2.05, 4.69) is 10.1 Å². The first-order valence-electron chi connectivity index (χ1n) is 6.23. The minimum Gasteiger partial charge on any atom is -0.507 e. The van der Waals surface area contributed by atoms with Crippen molar-refractivity contribution in [3.05, 3.63) is 46.9 Å². The summed E-state index contributed by atoms with van der Waals surface area (Å²) in [6.45, 7) is 4.11. The van der Waals surface area contributed by atoms with E-state index in [-0.39, 0.29) is 11.5 Å². The fourth-order valence-corrected chi connectivity index (χ4v) is 1.89. The van der Waals surface area contributed by atoms with E-state index >= 15 is 0 Å². The highest BCUT2D eigenvalue weighted by Gasteiger charge is 2.11. The van der Waals surface area contributed by atoms with Crippen molar-refractivity contribution in [1.82, 2.24) is 0 Å². The number of ether oxygens (including phenoxy) is 1. The molecular weight excluding hydrogens is 258 g/mol. The fourth-order valence-electron chi connectivity index (χ4n) is 1.89. The van der Waals surface area contributed by atoms with Crippen molar-refractivity contribution in [2.75, 3.05) is 12.4 Å². The zero-order valence-corrected chi connectivity index (χ0v) is 11.7. The first-order chi connectivity index (χ1) is 9.52. The third-order valence-electron chi connectivity index (χ3n) is 3.13. The Kier molecular flexibility index (Phi) is 3.98. The molecule has 0 aliphatic rings. The van der Waals surface area contributed by atoms with Gasteiger partial charge in [0.05, 0.1) is 13.7 Å². The zero-order valence-electron chi connectivity index (χ0n) is 11.7. The molecule has 2 rings (SSSR count). The van der Waals surface area contributed by atoms with Gasteiger partial charge in [-0.1, -0.05) is 6.07 Å². The molecule has 1 aromatic heterocycles. The number of carbonyl (C=O) groups is 1. The van der Waals surface area contributed by atoms with Gasteiger partial charge in [0.25, 0.3) is 0 Å². The average Bonchev–Trinajstić information content (AvgIpc) is 2.92. The lowest BCUT2D eigenvalue weighted by Gasteiger charge is -2.11. The molecule has 5 nitrogen and oxygen atoms in total. The van der Waals surface area contributed by atoms with E-state index in [0.717, 1.165) is 16.8 Å². The number of hydrogen-bond donors (Lipinski definition) is 2. The van der Waals surface area contributed by atoms with Crippen molar-refractivity contribution in [3.8, 4) is 5.75 Å². The Bertz CT molecular complexity index is 631. The summed E-state index contributed by atoms with van der Waals surface area (Å²) >= 11 is 0. The van der Waals surface area contributed by atoms with Gasteiger partial charge < -0.3 is 19.6 Å². The van der Waals surface area contributed by atoms with Gasteiger partial charge in [-0.15, -0.1) is 0 Å². The summed E-state index contributed by atoms with van der Waals surface area (Å²) < 4.78 is 9.93. The predicted octanol–water partition coefficient (Wildman–Crippen LogP) is 3.00. The van der Waals surface area contributed by atoms with Crippen molar-refractivity contribution >= 4 is 11.7 Å². The minimum atomic E-state index is -0.500. The molecule has 1 heterocycles. The number of carbonyl (C=O) groups excluding carboxylic acids is 1. The minimum absolute atomic E-state index is 0.174. The highest BCUT2D eigenvalue weighted by molar-refractivity contribution is 5.86. The second kappa shape index (κ2) is 5.69. The molecule has 2 aromatic rings. The maximum absolute atomic E-state index is 11.3. The number of nitrogens with one attached hydrogen (secondary N) is 1. The highest BCUT2D eigenvalue weighted by atomic mass is 16.5. The molecule has 0 amide bonds. The molecule has 0 bridgehead atoms. The predicted molar refractivity (Wildman–Crippen MR) is 75.0 cm³/mol. The highest BCUT2D eigenvalue weighted by Crippen LogP contribution is 2.28. The number of aryl methyl sites for hydroxylation is 1. The first-order valence-corrected chi connectivity index (χ1v) is 6.23. The smallest absolute Gasteiger partial charge is 0.373 e. The number of phenols is 1. The van der Waals surface area contributed by atoms with Crippen LogP contribution in [-0.4, -0.2) is 18.2 Å². The molecule has 0 unspecified atom stereocenters. The number of hydrogen-bond acceptors (Lipinski definition) is 5. The van der Waals surface area contributed by atoms with Crippen molar-refractivity contribution in [3.63, 3.8) is 0 Å². The van der Waals surface area contributed by atoms with Crippen LogP contribution in [0.3, 0.4) is 0 Å². The monoisotopic (exact) mass is 275 g/mol. The molecule has 5 heteroatoms. The van der Waals surface area contributed by atoms with Crippen LogP contribution in [0.1, 0.15) is 27.4 Å².